The summed E-state index contributed by atoms with van der Waals surface area (Å²) in [5.74, 6) is 1.62. The maximum Gasteiger partial charge on any atom is 0.223 e. The molecule has 0 fully saturated rings. The fourth-order valence-electron chi connectivity index (χ4n) is 2.47. The molecule has 0 aliphatic rings. The molecule has 0 saturated carbocycles. The molecule has 2 aromatic rings. The third kappa shape index (κ3) is 3.53. The summed E-state index contributed by atoms with van der Waals surface area (Å²) in [5.41, 5.74) is 1.01. The van der Waals surface area contributed by atoms with Crippen LogP contribution in [-0.2, 0) is 11.8 Å². The first kappa shape index (κ1) is 16.2. The van der Waals surface area contributed by atoms with E-state index in [1.165, 1.54) is 0 Å². The summed E-state index contributed by atoms with van der Waals surface area (Å²) in [6, 6.07) is 9.61. The highest BCUT2D eigenvalue weighted by Crippen LogP contribution is 2.21. The van der Waals surface area contributed by atoms with E-state index in [1.54, 1.807) is 0 Å². The monoisotopic (exact) mass is 300 g/mol. The molecule has 2 rings (SSSR count). The number of benzene rings is 1. The summed E-state index contributed by atoms with van der Waals surface area (Å²) >= 11 is 0. The molecule has 0 radical (unpaired) electrons. The summed E-state index contributed by atoms with van der Waals surface area (Å²) in [5, 5.41) is 11.5. The maximum absolute atomic E-state index is 12.4. The van der Waals surface area contributed by atoms with Crippen molar-refractivity contribution < 1.29 is 4.79 Å². The summed E-state index contributed by atoms with van der Waals surface area (Å²) in [6.07, 6.45) is 1.87. The second kappa shape index (κ2) is 7.20. The zero-order valence-corrected chi connectivity index (χ0v) is 13.7. The molecule has 0 unspecified atom stereocenters. The highest BCUT2D eigenvalue weighted by Gasteiger charge is 2.24. The minimum absolute atomic E-state index is 0.00876. The number of aryl methyl sites for hydroxylation is 1. The van der Waals surface area contributed by atoms with Gasteiger partial charge in [-0.3, -0.25) is 4.79 Å². The Hall–Kier alpha value is -2.17. The number of rotatable bonds is 6. The lowest BCUT2D eigenvalue weighted by atomic mass is 10.0. The van der Waals surface area contributed by atoms with Gasteiger partial charge in [-0.2, -0.15) is 0 Å². The van der Waals surface area contributed by atoms with Crippen molar-refractivity contribution in [2.75, 3.05) is 0 Å². The van der Waals surface area contributed by atoms with Crippen LogP contribution in [0.15, 0.2) is 30.3 Å². The number of carbonyl (C=O) groups is 1. The van der Waals surface area contributed by atoms with Crippen LogP contribution in [0.1, 0.15) is 49.9 Å². The zero-order chi connectivity index (χ0) is 16.1. The third-order valence-corrected chi connectivity index (χ3v) is 3.97. The molecular formula is C17H24N4O. The lowest BCUT2D eigenvalue weighted by Crippen LogP contribution is -2.34. The minimum atomic E-state index is -0.279. The highest BCUT2D eigenvalue weighted by molar-refractivity contribution is 5.79. The molecule has 0 bridgehead atoms. The fraction of sp³-hybridized carbons (Fsp3) is 0.471. The van der Waals surface area contributed by atoms with E-state index in [1.807, 2.05) is 55.8 Å². The van der Waals surface area contributed by atoms with Gasteiger partial charge in [0, 0.05) is 13.0 Å². The van der Waals surface area contributed by atoms with Crippen molar-refractivity contribution >= 4 is 5.91 Å². The summed E-state index contributed by atoms with van der Waals surface area (Å²) < 4.78 is 1.92. The van der Waals surface area contributed by atoms with E-state index >= 15 is 0 Å². The van der Waals surface area contributed by atoms with Gasteiger partial charge in [0.15, 0.2) is 5.82 Å². The van der Waals surface area contributed by atoms with E-state index in [-0.39, 0.29) is 17.9 Å². The van der Waals surface area contributed by atoms with Gasteiger partial charge >= 0.3 is 0 Å². The van der Waals surface area contributed by atoms with Gasteiger partial charge in [0.2, 0.25) is 5.91 Å². The van der Waals surface area contributed by atoms with Gasteiger partial charge in [-0.25, -0.2) is 0 Å². The van der Waals surface area contributed by atoms with E-state index < -0.39 is 0 Å². The number of hydrogen-bond acceptors (Lipinski definition) is 3. The van der Waals surface area contributed by atoms with Crippen molar-refractivity contribution in [3.05, 3.63) is 47.5 Å². The largest absolute Gasteiger partial charge is 0.342 e. The molecule has 2 atom stereocenters. The quantitative estimate of drug-likeness (QED) is 0.892. The molecular weight excluding hydrogens is 276 g/mol. The van der Waals surface area contributed by atoms with E-state index in [0.717, 1.165) is 30.1 Å². The molecule has 118 valence electrons. The SMILES string of the molecule is CCC[C@@H](C)C(=O)N[C@H](c1ccccc1)c1nnc(C)n1C. The van der Waals surface area contributed by atoms with Crippen LogP contribution in [0, 0.1) is 12.8 Å². The Kier molecular flexibility index (Phi) is 5.31. The van der Waals surface area contributed by atoms with Gasteiger partial charge in [0.05, 0.1) is 0 Å². The highest BCUT2D eigenvalue weighted by atomic mass is 16.1. The first-order valence-electron chi connectivity index (χ1n) is 7.75. The Bertz CT molecular complexity index is 621. The van der Waals surface area contributed by atoms with Crippen LogP contribution in [0.4, 0.5) is 0 Å². The van der Waals surface area contributed by atoms with Gasteiger partial charge in [-0.05, 0) is 18.9 Å². The Morgan fingerprint density at radius 2 is 1.95 bits per heavy atom. The van der Waals surface area contributed by atoms with Gasteiger partial charge in [0.1, 0.15) is 11.9 Å². The number of nitrogens with one attached hydrogen (secondary N) is 1. The van der Waals surface area contributed by atoms with Crippen LogP contribution < -0.4 is 5.32 Å². The average Bonchev–Trinajstić information content (AvgIpc) is 2.85. The van der Waals surface area contributed by atoms with Crippen molar-refractivity contribution in [2.45, 2.75) is 39.7 Å². The third-order valence-electron chi connectivity index (χ3n) is 3.97. The summed E-state index contributed by atoms with van der Waals surface area (Å²) in [7, 11) is 1.92. The first-order chi connectivity index (χ1) is 10.5. The maximum atomic E-state index is 12.4. The van der Waals surface area contributed by atoms with Crippen molar-refractivity contribution in [2.24, 2.45) is 13.0 Å². The molecule has 1 heterocycles. The second-order valence-corrected chi connectivity index (χ2v) is 5.71. The number of carbonyl (C=O) groups excluding carboxylic acids is 1. The second-order valence-electron chi connectivity index (χ2n) is 5.71. The van der Waals surface area contributed by atoms with Crippen LogP contribution in [0.25, 0.3) is 0 Å². The summed E-state index contributed by atoms with van der Waals surface area (Å²) in [4.78, 5) is 12.4. The smallest absolute Gasteiger partial charge is 0.223 e. The lowest BCUT2D eigenvalue weighted by molar-refractivity contribution is -0.125. The molecule has 1 amide bonds. The number of aromatic nitrogens is 3. The van der Waals surface area contributed by atoms with Crippen molar-refractivity contribution in [3.8, 4) is 0 Å². The topological polar surface area (TPSA) is 59.8 Å². The molecule has 0 saturated heterocycles. The molecule has 1 N–H and O–H groups in total. The van der Waals surface area contributed by atoms with Crippen LogP contribution >= 0.6 is 0 Å². The molecule has 0 aliphatic heterocycles. The molecule has 0 spiro atoms. The van der Waals surface area contributed by atoms with Crippen molar-refractivity contribution in [3.63, 3.8) is 0 Å². The lowest BCUT2D eigenvalue weighted by Gasteiger charge is -2.21. The predicted octanol–water partition coefficient (Wildman–Crippen LogP) is 2.77. The molecule has 1 aromatic carbocycles. The normalized spacial score (nSPS) is 13.6. The Morgan fingerprint density at radius 1 is 1.27 bits per heavy atom. The van der Waals surface area contributed by atoms with E-state index in [9.17, 15) is 4.79 Å². The van der Waals surface area contributed by atoms with Crippen molar-refractivity contribution in [1.82, 2.24) is 20.1 Å². The fourth-order valence-corrected chi connectivity index (χ4v) is 2.47. The van der Waals surface area contributed by atoms with Crippen LogP contribution in [-0.4, -0.2) is 20.7 Å². The number of amides is 1. The van der Waals surface area contributed by atoms with E-state index in [0.29, 0.717) is 0 Å². The molecule has 22 heavy (non-hydrogen) atoms. The number of nitrogens with zero attached hydrogens (tertiary/aromatic N) is 3. The molecule has 0 aliphatic carbocycles. The Morgan fingerprint density at radius 3 is 2.50 bits per heavy atom. The van der Waals surface area contributed by atoms with E-state index in [4.69, 9.17) is 0 Å². The Labute approximate surface area is 131 Å². The van der Waals surface area contributed by atoms with Gasteiger partial charge in [0.25, 0.3) is 0 Å². The van der Waals surface area contributed by atoms with Crippen LogP contribution in [0.3, 0.4) is 0 Å². The molecule has 1 aromatic heterocycles. The minimum Gasteiger partial charge on any atom is -0.342 e. The van der Waals surface area contributed by atoms with Gasteiger partial charge in [-0.1, -0.05) is 50.6 Å². The Balaban J connectivity index is 2.31. The zero-order valence-electron chi connectivity index (χ0n) is 13.7. The molecule has 5 heteroatoms. The van der Waals surface area contributed by atoms with Gasteiger partial charge < -0.3 is 9.88 Å². The summed E-state index contributed by atoms with van der Waals surface area (Å²) in [6.45, 7) is 5.95. The van der Waals surface area contributed by atoms with Crippen LogP contribution in [0.2, 0.25) is 0 Å². The number of hydrogen-bond donors (Lipinski definition) is 1. The standard InChI is InChI=1S/C17H24N4O/c1-5-9-12(2)17(22)18-15(14-10-7-6-8-11-14)16-20-19-13(3)21(16)4/h6-8,10-12,15H,5,9H2,1-4H3,(H,18,22)/t12-,15-/m1/s1. The van der Waals surface area contributed by atoms with Crippen molar-refractivity contribution in [1.29, 1.82) is 0 Å². The van der Waals surface area contributed by atoms with E-state index in [2.05, 4.69) is 22.4 Å². The first-order valence-corrected chi connectivity index (χ1v) is 7.75. The molecule has 5 nitrogen and oxygen atoms in total. The predicted molar refractivity (Wildman–Crippen MR) is 86.2 cm³/mol. The average molecular weight is 300 g/mol. The van der Waals surface area contributed by atoms with Gasteiger partial charge in [-0.15, -0.1) is 10.2 Å². The van der Waals surface area contributed by atoms with Crippen LogP contribution in [0.5, 0.6) is 0 Å².